The summed E-state index contributed by atoms with van der Waals surface area (Å²) >= 11 is 0. The number of aliphatic hydroxyl groups excluding tert-OH is 1. The molecule has 1 N–H and O–H groups in total. The Morgan fingerprint density at radius 1 is 0.786 bits per heavy atom. The fraction of sp³-hybridized carbons (Fsp3) is 0.216. The van der Waals surface area contributed by atoms with Crippen molar-refractivity contribution in [1.82, 2.24) is 14.4 Å². The third-order valence-corrected chi connectivity index (χ3v) is 8.22. The number of para-hydroxylation sites is 1. The van der Waals surface area contributed by atoms with E-state index in [-0.39, 0.29) is 11.9 Å². The van der Waals surface area contributed by atoms with Crippen molar-refractivity contribution in [1.29, 1.82) is 0 Å². The summed E-state index contributed by atoms with van der Waals surface area (Å²) in [4.78, 5) is 18.9. The Morgan fingerprint density at radius 2 is 1.36 bits per heavy atom. The van der Waals surface area contributed by atoms with Crippen LogP contribution < -0.4 is 0 Å². The van der Waals surface area contributed by atoms with Gasteiger partial charge < -0.3 is 14.6 Å². The quantitative estimate of drug-likeness (QED) is 0.242. The lowest BCUT2D eigenvalue weighted by Crippen LogP contribution is -2.59. The lowest BCUT2D eigenvalue weighted by molar-refractivity contribution is -0.00282. The van der Waals surface area contributed by atoms with Crippen LogP contribution in [0.2, 0.25) is 0 Å². The number of carbonyl (C=O) groups excluding carboxylic acids is 1. The van der Waals surface area contributed by atoms with Gasteiger partial charge in [-0.25, -0.2) is 0 Å². The molecule has 4 aromatic carbocycles. The van der Waals surface area contributed by atoms with E-state index in [2.05, 4.69) is 64.9 Å². The number of hydrogen-bond acceptors (Lipinski definition) is 3. The largest absolute Gasteiger partial charge is 0.391 e. The van der Waals surface area contributed by atoms with E-state index in [9.17, 15) is 9.90 Å². The van der Waals surface area contributed by atoms with E-state index < -0.39 is 6.10 Å². The van der Waals surface area contributed by atoms with Gasteiger partial charge in [-0.2, -0.15) is 0 Å². The molecule has 1 aromatic heterocycles. The minimum absolute atomic E-state index is 0.0388. The highest BCUT2D eigenvalue weighted by Crippen LogP contribution is 2.33. The Labute approximate surface area is 248 Å². The van der Waals surface area contributed by atoms with Crippen LogP contribution in [0.5, 0.6) is 0 Å². The molecular weight excluding hydrogens is 518 g/mol. The molecule has 0 radical (unpaired) electrons. The Kier molecular flexibility index (Phi) is 8.31. The minimum atomic E-state index is -0.701. The van der Waals surface area contributed by atoms with Crippen LogP contribution in [-0.4, -0.2) is 57.2 Å². The highest BCUT2D eigenvalue weighted by Gasteiger charge is 2.37. The van der Waals surface area contributed by atoms with Gasteiger partial charge in [0.25, 0.3) is 5.91 Å². The normalized spacial score (nSPS) is 16.3. The maximum atomic E-state index is 14.6. The summed E-state index contributed by atoms with van der Waals surface area (Å²) in [6.45, 7) is 4.74. The van der Waals surface area contributed by atoms with E-state index in [1.807, 2.05) is 83.8 Å². The molecule has 1 fully saturated rings. The van der Waals surface area contributed by atoms with Gasteiger partial charge in [-0.3, -0.25) is 9.69 Å². The van der Waals surface area contributed by atoms with Gasteiger partial charge in [-0.1, -0.05) is 109 Å². The van der Waals surface area contributed by atoms with Crippen molar-refractivity contribution in [3.8, 4) is 16.9 Å². The van der Waals surface area contributed by atoms with Crippen LogP contribution in [0, 0.1) is 6.92 Å². The Hall–Kier alpha value is -4.45. The number of benzene rings is 4. The molecule has 1 amide bonds. The van der Waals surface area contributed by atoms with Crippen molar-refractivity contribution < 1.29 is 9.90 Å². The number of rotatable bonds is 8. The van der Waals surface area contributed by atoms with Crippen LogP contribution >= 0.6 is 0 Å². The molecule has 6 rings (SSSR count). The van der Waals surface area contributed by atoms with Crippen molar-refractivity contribution in [2.45, 2.75) is 32.0 Å². The number of piperazine rings is 1. The summed E-state index contributed by atoms with van der Waals surface area (Å²) in [6.07, 6.45) is -0.211. The van der Waals surface area contributed by atoms with Crippen LogP contribution in [0.3, 0.4) is 0 Å². The van der Waals surface area contributed by atoms with E-state index in [0.717, 1.165) is 41.3 Å². The molecule has 5 aromatic rings. The Morgan fingerprint density at radius 3 is 2.00 bits per heavy atom. The predicted molar refractivity (Wildman–Crippen MR) is 169 cm³/mol. The Bertz CT molecular complexity index is 1600. The monoisotopic (exact) mass is 555 g/mol. The molecule has 5 heteroatoms. The third-order valence-electron chi connectivity index (χ3n) is 8.22. The predicted octanol–water partition coefficient (Wildman–Crippen LogP) is 6.38. The van der Waals surface area contributed by atoms with Gasteiger partial charge in [0.15, 0.2) is 0 Å². The summed E-state index contributed by atoms with van der Waals surface area (Å²) < 4.78 is 2.17. The second-order valence-corrected chi connectivity index (χ2v) is 11.1. The molecule has 0 unspecified atom stereocenters. The molecule has 1 aliphatic heterocycles. The van der Waals surface area contributed by atoms with Gasteiger partial charge in [0.1, 0.15) is 0 Å². The first kappa shape index (κ1) is 27.7. The summed E-state index contributed by atoms with van der Waals surface area (Å²) in [7, 11) is 0. The number of aryl methyl sites for hydroxylation is 1. The van der Waals surface area contributed by atoms with Crippen LogP contribution in [0.25, 0.3) is 16.9 Å². The standard InChI is InChI=1S/C37H37N3O2/c1-28-24-33(36(31-18-10-4-11-19-31)40(28)32-20-12-5-13-21-32)37(42)39-23-22-38(26-30-16-8-3-9-17-30)27-34(39)35(41)25-29-14-6-2-7-15-29/h2-21,24,34-35,41H,22-23,25-27H2,1H3/t34-,35+/m1/s1. The number of hydrogen-bond donors (Lipinski definition) is 1. The highest BCUT2D eigenvalue weighted by atomic mass is 16.3. The summed E-state index contributed by atoms with van der Waals surface area (Å²) in [5.74, 6) is -0.0388. The average molecular weight is 556 g/mol. The molecule has 212 valence electrons. The third kappa shape index (κ3) is 5.94. The molecule has 5 nitrogen and oxygen atoms in total. The molecule has 0 bridgehead atoms. The van der Waals surface area contributed by atoms with Gasteiger partial charge in [0.2, 0.25) is 0 Å². The van der Waals surface area contributed by atoms with Crippen molar-refractivity contribution in [2.24, 2.45) is 0 Å². The van der Waals surface area contributed by atoms with Gasteiger partial charge in [0, 0.05) is 44.0 Å². The smallest absolute Gasteiger partial charge is 0.256 e. The average Bonchev–Trinajstić information content (AvgIpc) is 3.39. The zero-order valence-corrected chi connectivity index (χ0v) is 24.0. The van der Waals surface area contributed by atoms with Gasteiger partial charge in [-0.15, -0.1) is 0 Å². The van der Waals surface area contributed by atoms with Gasteiger partial charge in [-0.05, 0) is 41.8 Å². The van der Waals surface area contributed by atoms with Crippen LogP contribution in [0.4, 0.5) is 0 Å². The zero-order valence-electron chi connectivity index (χ0n) is 24.0. The first-order valence-electron chi connectivity index (χ1n) is 14.7. The van der Waals surface area contributed by atoms with E-state index >= 15 is 0 Å². The summed E-state index contributed by atoms with van der Waals surface area (Å²) in [5, 5.41) is 11.7. The molecule has 0 aliphatic carbocycles. The second kappa shape index (κ2) is 12.6. The molecule has 0 spiro atoms. The number of carbonyl (C=O) groups is 1. The maximum Gasteiger partial charge on any atom is 0.256 e. The lowest BCUT2D eigenvalue weighted by Gasteiger charge is -2.43. The van der Waals surface area contributed by atoms with Gasteiger partial charge >= 0.3 is 0 Å². The Balaban J connectivity index is 1.37. The fourth-order valence-corrected chi connectivity index (χ4v) is 6.17. The molecule has 2 atom stereocenters. The van der Waals surface area contributed by atoms with E-state index in [1.54, 1.807) is 0 Å². The van der Waals surface area contributed by atoms with E-state index in [1.165, 1.54) is 5.56 Å². The first-order chi connectivity index (χ1) is 20.6. The minimum Gasteiger partial charge on any atom is -0.391 e. The van der Waals surface area contributed by atoms with Crippen molar-refractivity contribution in [2.75, 3.05) is 19.6 Å². The van der Waals surface area contributed by atoms with E-state index in [4.69, 9.17) is 0 Å². The molecule has 2 heterocycles. The fourth-order valence-electron chi connectivity index (χ4n) is 6.17. The maximum absolute atomic E-state index is 14.6. The summed E-state index contributed by atoms with van der Waals surface area (Å²) in [5.41, 5.74) is 6.84. The number of aliphatic hydroxyl groups is 1. The molecule has 42 heavy (non-hydrogen) atoms. The summed E-state index contributed by atoms with van der Waals surface area (Å²) in [6, 6.07) is 42.4. The second-order valence-electron chi connectivity index (χ2n) is 11.1. The van der Waals surface area contributed by atoms with E-state index in [0.29, 0.717) is 25.1 Å². The van der Waals surface area contributed by atoms with Crippen LogP contribution in [0.1, 0.15) is 27.2 Å². The first-order valence-corrected chi connectivity index (χ1v) is 14.7. The topological polar surface area (TPSA) is 48.7 Å². The van der Waals surface area contributed by atoms with Gasteiger partial charge in [0.05, 0.1) is 23.4 Å². The van der Waals surface area contributed by atoms with Crippen molar-refractivity contribution in [3.63, 3.8) is 0 Å². The lowest BCUT2D eigenvalue weighted by atomic mass is 9.97. The number of amides is 1. The molecule has 1 saturated heterocycles. The number of aromatic nitrogens is 1. The highest BCUT2D eigenvalue weighted by molar-refractivity contribution is 6.01. The molecular formula is C37H37N3O2. The number of nitrogens with zero attached hydrogens (tertiary/aromatic N) is 3. The van der Waals surface area contributed by atoms with Crippen molar-refractivity contribution >= 4 is 5.91 Å². The molecule has 0 saturated carbocycles. The molecule has 1 aliphatic rings. The van der Waals surface area contributed by atoms with Crippen LogP contribution in [0.15, 0.2) is 127 Å². The SMILES string of the molecule is Cc1cc(C(=O)N2CCN(Cc3ccccc3)C[C@@H]2[C@@H](O)Cc2ccccc2)c(-c2ccccc2)n1-c1ccccc1. The zero-order chi connectivity index (χ0) is 28.9. The van der Waals surface area contributed by atoms with Crippen molar-refractivity contribution in [3.05, 3.63) is 150 Å². The van der Waals surface area contributed by atoms with Crippen LogP contribution in [-0.2, 0) is 13.0 Å².